The first-order valence-electron chi connectivity index (χ1n) is 8.87. The predicted octanol–water partition coefficient (Wildman–Crippen LogP) is -3.10. The minimum atomic E-state index is -1.32. The molecule has 0 spiro atoms. The minimum absolute atomic E-state index is 0.186. The summed E-state index contributed by atoms with van der Waals surface area (Å²) < 4.78 is 0. The van der Waals surface area contributed by atoms with Crippen LogP contribution in [0.3, 0.4) is 0 Å². The van der Waals surface area contributed by atoms with Crippen LogP contribution in [-0.4, -0.2) is 65.4 Å². The molecule has 12 heteroatoms. The van der Waals surface area contributed by atoms with E-state index in [1.165, 1.54) is 13.8 Å². The molecule has 4 amide bonds. The second-order valence-electron chi connectivity index (χ2n) is 6.43. The van der Waals surface area contributed by atoms with Crippen molar-refractivity contribution in [2.24, 2.45) is 17.2 Å². The molecule has 0 rings (SSSR count). The predicted molar refractivity (Wildman–Crippen MR) is 99.5 cm³/mol. The van der Waals surface area contributed by atoms with Crippen molar-refractivity contribution in [3.63, 3.8) is 0 Å². The lowest BCUT2D eigenvalue weighted by atomic mass is 10.1. The van der Waals surface area contributed by atoms with Crippen molar-refractivity contribution in [2.75, 3.05) is 6.54 Å². The molecule has 0 saturated carbocycles. The monoisotopic (exact) mass is 402 g/mol. The van der Waals surface area contributed by atoms with Crippen LogP contribution in [-0.2, 0) is 24.0 Å². The van der Waals surface area contributed by atoms with Crippen LogP contribution in [0.1, 0.15) is 39.5 Å². The van der Waals surface area contributed by atoms with E-state index < -0.39 is 60.2 Å². The first-order valence-corrected chi connectivity index (χ1v) is 8.87. The molecule has 0 aromatic rings. The number of amides is 4. The van der Waals surface area contributed by atoms with Gasteiger partial charge < -0.3 is 38.3 Å². The molecule has 0 aromatic heterocycles. The van der Waals surface area contributed by atoms with Crippen LogP contribution in [0.25, 0.3) is 0 Å². The van der Waals surface area contributed by atoms with Crippen molar-refractivity contribution < 1.29 is 29.1 Å². The van der Waals surface area contributed by atoms with Gasteiger partial charge in [0, 0.05) is 0 Å². The minimum Gasteiger partial charge on any atom is -0.480 e. The van der Waals surface area contributed by atoms with Gasteiger partial charge in [0.25, 0.3) is 0 Å². The van der Waals surface area contributed by atoms with E-state index in [2.05, 4.69) is 16.0 Å². The van der Waals surface area contributed by atoms with Gasteiger partial charge in [-0.1, -0.05) is 0 Å². The fourth-order valence-corrected chi connectivity index (χ4v) is 2.12. The van der Waals surface area contributed by atoms with E-state index in [0.717, 1.165) is 0 Å². The van der Waals surface area contributed by atoms with Crippen LogP contribution >= 0.6 is 0 Å². The van der Waals surface area contributed by atoms with Gasteiger partial charge in [-0.3, -0.25) is 24.0 Å². The summed E-state index contributed by atoms with van der Waals surface area (Å²) in [4.78, 5) is 58.8. The number of hydrogen-bond donors (Lipinski definition) is 7. The lowest BCUT2D eigenvalue weighted by Crippen LogP contribution is -2.57. The van der Waals surface area contributed by atoms with E-state index in [1.807, 2.05) is 0 Å². The number of carbonyl (C=O) groups excluding carboxylic acids is 4. The number of aliphatic carboxylic acids is 1. The van der Waals surface area contributed by atoms with Crippen LogP contribution in [0.5, 0.6) is 0 Å². The summed E-state index contributed by atoms with van der Waals surface area (Å²) in [7, 11) is 0. The van der Waals surface area contributed by atoms with E-state index in [-0.39, 0.29) is 6.42 Å². The molecule has 0 saturated heterocycles. The quantitative estimate of drug-likeness (QED) is 0.156. The van der Waals surface area contributed by atoms with Crippen LogP contribution in [0.4, 0.5) is 0 Å². The Kier molecular flexibility index (Phi) is 11.4. The molecule has 0 aliphatic heterocycles. The number of primary amides is 1. The van der Waals surface area contributed by atoms with Crippen LogP contribution in [0.2, 0.25) is 0 Å². The highest BCUT2D eigenvalue weighted by molar-refractivity contribution is 5.96. The van der Waals surface area contributed by atoms with Crippen molar-refractivity contribution in [1.29, 1.82) is 0 Å². The highest BCUT2D eigenvalue weighted by atomic mass is 16.4. The van der Waals surface area contributed by atoms with Crippen molar-refractivity contribution in [3.05, 3.63) is 0 Å². The molecule has 0 heterocycles. The Morgan fingerprint density at radius 1 is 0.893 bits per heavy atom. The molecule has 0 fully saturated rings. The van der Waals surface area contributed by atoms with Gasteiger partial charge in [0.15, 0.2) is 0 Å². The lowest BCUT2D eigenvalue weighted by Gasteiger charge is -2.24. The standard InChI is InChI=1S/C16H30N6O6/c1-8(18)13(24)22-11(7-12(19)23)15(26)21-10(5-3-4-6-17)14(25)20-9(2)16(27)28/h8-11H,3-7,17-18H2,1-2H3,(H2,19,23)(H,20,25)(H,21,26)(H,22,24)(H,27,28). The summed E-state index contributed by atoms with van der Waals surface area (Å²) >= 11 is 0. The third kappa shape index (κ3) is 9.83. The SMILES string of the molecule is CC(N)C(=O)NC(CC(N)=O)C(=O)NC(CCCCN)C(=O)NC(C)C(=O)O. The summed E-state index contributed by atoms with van der Waals surface area (Å²) in [6, 6.07) is -4.50. The fraction of sp³-hybridized carbons (Fsp3) is 0.688. The summed E-state index contributed by atoms with van der Waals surface area (Å²) in [5.74, 6) is -4.28. The molecule has 4 unspecified atom stereocenters. The van der Waals surface area contributed by atoms with Gasteiger partial charge in [-0.15, -0.1) is 0 Å². The third-order valence-electron chi connectivity index (χ3n) is 3.76. The molecule has 0 bridgehead atoms. The number of nitrogens with two attached hydrogens (primary N) is 3. The molecule has 12 nitrogen and oxygen atoms in total. The van der Waals surface area contributed by atoms with Gasteiger partial charge in [-0.2, -0.15) is 0 Å². The topological polar surface area (TPSA) is 220 Å². The fourth-order valence-electron chi connectivity index (χ4n) is 2.12. The Morgan fingerprint density at radius 2 is 1.43 bits per heavy atom. The summed E-state index contributed by atoms with van der Waals surface area (Å²) in [6.07, 6.45) is 0.766. The molecule has 0 aliphatic rings. The zero-order valence-corrected chi connectivity index (χ0v) is 16.1. The maximum Gasteiger partial charge on any atom is 0.325 e. The number of carbonyl (C=O) groups is 5. The second-order valence-corrected chi connectivity index (χ2v) is 6.43. The van der Waals surface area contributed by atoms with Gasteiger partial charge in [0.05, 0.1) is 12.5 Å². The van der Waals surface area contributed by atoms with Crippen molar-refractivity contribution in [3.8, 4) is 0 Å². The summed E-state index contributed by atoms with van der Waals surface area (Å²) in [5, 5.41) is 15.9. The Hall–Kier alpha value is -2.73. The zero-order valence-electron chi connectivity index (χ0n) is 16.1. The Morgan fingerprint density at radius 3 is 1.89 bits per heavy atom. The largest absolute Gasteiger partial charge is 0.480 e. The molecule has 0 aromatic carbocycles. The second kappa shape index (κ2) is 12.6. The summed E-state index contributed by atoms with van der Waals surface area (Å²) in [6.45, 7) is 3.05. The van der Waals surface area contributed by atoms with E-state index in [0.29, 0.717) is 19.4 Å². The molecule has 0 aliphatic carbocycles. The molecule has 0 radical (unpaired) electrons. The number of rotatable bonds is 13. The van der Waals surface area contributed by atoms with Crippen LogP contribution in [0.15, 0.2) is 0 Å². The highest BCUT2D eigenvalue weighted by Gasteiger charge is 2.29. The molecule has 160 valence electrons. The average molecular weight is 402 g/mol. The van der Waals surface area contributed by atoms with Crippen LogP contribution in [0, 0.1) is 0 Å². The number of hydrogen-bond acceptors (Lipinski definition) is 7. The van der Waals surface area contributed by atoms with E-state index in [9.17, 15) is 24.0 Å². The number of carboxylic acids is 1. The van der Waals surface area contributed by atoms with Gasteiger partial charge >= 0.3 is 5.97 Å². The van der Waals surface area contributed by atoms with Crippen molar-refractivity contribution in [2.45, 2.75) is 63.7 Å². The van der Waals surface area contributed by atoms with Gasteiger partial charge in [-0.25, -0.2) is 0 Å². The Labute approximate surface area is 162 Å². The lowest BCUT2D eigenvalue weighted by molar-refractivity contribution is -0.142. The zero-order chi connectivity index (χ0) is 21.9. The third-order valence-corrected chi connectivity index (χ3v) is 3.76. The average Bonchev–Trinajstić information content (AvgIpc) is 2.59. The molecule has 28 heavy (non-hydrogen) atoms. The highest BCUT2D eigenvalue weighted by Crippen LogP contribution is 2.04. The molecular weight excluding hydrogens is 372 g/mol. The van der Waals surface area contributed by atoms with E-state index >= 15 is 0 Å². The first kappa shape index (κ1) is 25.3. The Bertz CT molecular complexity index is 582. The maximum absolute atomic E-state index is 12.5. The number of unbranched alkanes of at least 4 members (excludes halogenated alkanes) is 1. The van der Waals surface area contributed by atoms with E-state index in [1.54, 1.807) is 0 Å². The summed E-state index contributed by atoms with van der Waals surface area (Å²) in [5.41, 5.74) is 16.0. The van der Waals surface area contributed by atoms with Gasteiger partial charge in [-0.05, 0) is 39.7 Å². The number of nitrogens with one attached hydrogen (secondary N) is 3. The smallest absolute Gasteiger partial charge is 0.325 e. The van der Waals surface area contributed by atoms with Crippen molar-refractivity contribution in [1.82, 2.24) is 16.0 Å². The first-order chi connectivity index (χ1) is 13.0. The molecule has 4 atom stereocenters. The van der Waals surface area contributed by atoms with Crippen LogP contribution < -0.4 is 33.2 Å². The normalized spacial score (nSPS) is 14.9. The van der Waals surface area contributed by atoms with Gasteiger partial charge in [0.1, 0.15) is 18.1 Å². The van der Waals surface area contributed by atoms with Crippen molar-refractivity contribution >= 4 is 29.6 Å². The maximum atomic E-state index is 12.5. The van der Waals surface area contributed by atoms with E-state index in [4.69, 9.17) is 22.3 Å². The van der Waals surface area contributed by atoms with Gasteiger partial charge in [0.2, 0.25) is 23.6 Å². The number of carboxylic acid groups (broad SMARTS) is 1. The molecular formula is C16H30N6O6. The molecule has 10 N–H and O–H groups in total. The Balaban J connectivity index is 5.26.